The van der Waals surface area contributed by atoms with Crippen LogP contribution in [-0.2, 0) is 0 Å². The van der Waals surface area contributed by atoms with E-state index in [9.17, 15) is 13.2 Å². The van der Waals surface area contributed by atoms with Crippen LogP contribution in [0.4, 0.5) is 13.2 Å². The lowest BCUT2D eigenvalue weighted by atomic mass is 10.0. The van der Waals surface area contributed by atoms with Gasteiger partial charge in [-0.1, -0.05) is 18.2 Å². The zero-order valence-electron chi connectivity index (χ0n) is 17.7. The summed E-state index contributed by atoms with van der Waals surface area (Å²) < 4.78 is 43.5. The molecule has 3 rings (SSSR count). The van der Waals surface area contributed by atoms with E-state index in [1.165, 1.54) is 17.7 Å². The van der Waals surface area contributed by atoms with Crippen molar-refractivity contribution in [2.75, 3.05) is 53.4 Å². The molecule has 2 saturated heterocycles. The van der Waals surface area contributed by atoms with Crippen LogP contribution in [0.3, 0.4) is 0 Å². The molecular formula is C21H32F3N5O. The summed E-state index contributed by atoms with van der Waals surface area (Å²) in [6.07, 6.45) is -1.14. The van der Waals surface area contributed by atoms with Crippen LogP contribution in [0, 0.1) is 0 Å². The van der Waals surface area contributed by atoms with Crippen molar-refractivity contribution in [2.24, 2.45) is 4.99 Å². The molecule has 0 bridgehead atoms. The van der Waals surface area contributed by atoms with Crippen LogP contribution in [0.2, 0.25) is 0 Å². The molecule has 2 aliphatic heterocycles. The number of rotatable bonds is 7. The summed E-state index contributed by atoms with van der Waals surface area (Å²) in [5, 5.41) is 6.67. The highest BCUT2D eigenvalue weighted by atomic mass is 19.4. The van der Waals surface area contributed by atoms with E-state index in [2.05, 4.69) is 26.6 Å². The zero-order chi connectivity index (χ0) is 21.6. The Labute approximate surface area is 176 Å². The summed E-state index contributed by atoms with van der Waals surface area (Å²) in [5.74, 6) is 1.48. The lowest BCUT2D eigenvalue weighted by Gasteiger charge is -2.30. The van der Waals surface area contributed by atoms with E-state index in [1.54, 1.807) is 14.2 Å². The Kier molecular flexibility index (Phi) is 7.82. The third-order valence-electron chi connectivity index (χ3n) is 5.78. The van der Waals surface area contributed by atoms with Gasteiger partial charge < -0.3 is 15.4 Å². The average molecular weight is 428 g/mol. The number of nitrogens with zero attached hydrogens (tertiary/aromatic N) is 3. The second kappa shape index (κ2) is 10.3. The molecule has 2 heterocycles. The molecule has 30 heavy (non-hydrogen) atoms. The van der Waals surface area contributed by atoms with Gasteiger partial charge in [-0.3, -0.25) is 14.8 Å². The summed E-state index contributed by atoms with van der Waals surface area (Å²) in [5.41, 5.74) is 1.13. The van der Waals surface area contributed by atoms with Gasteiger partial charge in [0.2, 0.25) is 0 Å². The van der Waals surface area contributed by atoms with Crippen molar-refractivity contribution in [3.8, 4) is 5.75 Å². The number of ether oxygens (including phenoxy) is 1. The quantitative estimate of drug-likeness (QED) is 0.518. The Hall–Kier alpha value is -2.00. The molecule has 0 aromatic heterocycles. The number of benzene rings is 1. The number of aliphatic imine (C=N–C) groups is 1. The monoisotopic (exact) mass is 427 g/mol. The normalized spacial score (nSPS) is 22.3. The van der Waals surface area contributed by atoms with Crippen LogP contribution in [0.15, 0.2) is 29.3 Å². The van der Waals surface area contributed by atoms with Crippen LogP contribution < -0.4 is 15.4 Å². The lowest BCUT2D eigenvalue weighted by molar-refractivity contribution is -0.143. The van der Waals surface area contributed by atoms with Gasteiger partial charge in [0.25, 0.3) is 0 Å². The smallest absolute Gasteiger partial charge is 0.401 e. The van der Waals surface area contributed by atoms with Crippen LogP contribution >= 0.6 is 0 Å². The van der Waals surface area contributed by atoms with Gasteiger partial charge in [-0.25, -0.2) is 0 Å². The molecule has 2 fully saturated rings. The van der Waals surface area contributed by atoms with Crippen LogP contribution in [0.25, 0.3) is 0 Å². The molecule has 1 aromatic rings. The first-order valence-corrected chi connectivity index (χ1v) is 10.5. The standard InChI is InChI=1S/C21H32F3N5O/c1-25-20(27-16-9-12-28(14-16)15-21(22,23)24)26-13-18(29-10-5-6-11-29)17-7-3-4-8-19(17)30-2/h3-4,7-8,16,18H,5-6,9-15H2,1-2H3,(H2,25,26,27). The average Bonchev–Trinajstić information content (AvgIpc) is 3.38. The predicted octanol–water partition coefficient (Wildman–Crippen LogP) is 2.63. The molecule has 0 saturated carbocycles. The summed E-state index contributed by atoms with van der Waals surface area (Å²) in [7, 11) is 3.37. The molecule has 9 heteroatoms. The Balaban J connectivity index is 1.60. The van der Waals surface area contributed by atoms with E-state index >= 15 is 0 Å². The minimum absolute atomic E-state index is 0.0463. The molecule has 6 nitrogen and oxygen atoms in total. The van der Waals surface area contributed by atoms with Gasteiger partial charge in [-0.05, 0) is 38.4 Å². The third kappa shape index (κ3) is 6.25. The molecule has 2 atom stereocenters. The maximum absolute atomic E-state index is 12.6. The van der Waals surface area contributed by atoms with Crippen molar-refractivity contribution in [1.82, 2.24) is 20.4 Å². The Morgan fingerprint density at radius 1 is 1.23 bits per heavy atom. The molecule has 2 aliphatic rings. The summed E-state index contributed by atoms with van der Waals surface area (Å²) >= 11 is 0. The number of halogens is 3. The SMILES string of the molecule is CN=C(NCC(c1ccccc1OC)N1CCCC1)NC1CCN(CC(F)(F)F)C1. The topological polar surface area (TPSA) is 52.1 Å². The zero-order valence-corrected chi connectivity index (χ0v) is 17.7. The van der Waals surface area contributed by atoms with Crippen molar-refractivity contribution >= 4 is 5.96 Å². The number of methoxy groups -OCH3 is 1. The van der Waals surface area contributed by atoms with Gasteiger partial charge in [0.15, 0.2) is 5.96 Å². The molecule has 0 amide bonds. The lowest BCUT2D eigenvalue weighted by Crippen LogP contribution is -2.47. The first-order chi connectivity index (χ1) is 14.4. The second-order valence-electron chi connectivity index (χ2n) is 7.93. The summed E-state index contributed by atoms with van der Waals surface area (Å²) in [4.78, 5) is 8.17. The van der Waals surface area contributed by atoms with Gasteiger partial charge in [0.1, 0.15) is 5.75 Å². The maximum Gasteiger partial charge on any atom is 0.401 e. The number of guanidine groups is 1. The molecule has 0 spiro atoms. The highest BCUT2D eigenvalue weighted by Gasteiger charge is 2.34. The second-order valence-corrected chi connectivity index (χ2v) is 7.93. The van der Waals surface area contributed by atoms with Crippen LogP contribution in [0.5, 0.6) is 5.75 Å². The van der Waals surface area contributed by atoms with Crippen molar-refractivity contribution < 1.29 is 17.9 Å². The number of para-hydroxylation sites is 1. The molecule has 1 aromatic carbocycles. The molecule has 168 valence electrons. The van der Waals surface area contributed by atoms with Crippen LogP contribution in [-0.4, -0.2) is 81.4 Å². The first-order valence-electron chi connectivity index (χ1n) is 10.5. The molecule has 0 aliphatic carbocycles. The Morgan fingerprint density at radius 2 is 1.97 bits per heavy atom. The fourth-order valence-electron chi connectivity index (χ4n) is 4.36. The fourth-order valence-corrected chi connectivity index (χ4v) is 4.36. The highest BCUT2D eigenvalue weighted by Crippen LogP contribution is 2.31. The molecule has 2 unspecified atom stereocenters. The Morgan fingerprint density at radius 3 is 2.63 bits per heavy atom. The van der Waals surface area contributed by atoms with E-state index in [-0.39, 0.29) is 12.1 Å². The first kappa shape index (κ1) is 22.7. The van der Waals surface area contributed by atoms with Gasteiger partial charge in [-0.15, -0.1) is 0 Å². The van der Waals surface area contributed by atoms with E-state index in [1.807, 2.05) is 18.2 Å². The Bertz CT molecular complexity index is 706. The van der Waals surface area contributed by atoms with Crippen molar-refractivity contribution in [3.63, 3.8) is 0 Å². The fraction of sp³-hybridized carbons (Fsp3) is 0.667. The molecular weight excluding hydrogens is 395 g/mol. The third-order valence-corrected chi connectivity index (χ3v) is 5.78. The maximum atomic E-state index is 12.6. The van der Waals surface area contributed by atoms with Gasteiger partial charge in [0.05, 0.1) is 19.7 Å². The van der Waals surface area contributed by atoms with Gasteiger partial charge in [-0.2, -0.15) is 13.2 Å². The number of alkyl halides is 3. The highest BCUT2D eigenvalue weighted by molar-refractivity contribution is 5.80. The van der Waals surface area contributed by atoms with E-state index in [0.29, 0.717) is 32.0 Å². The minimum Gasteiger partial charge on any atom is -0.496 e. The number of likely N-dealkylation sites (tertiary alicyclic amines) is 2. The number of nitrogens with one attached hydrogen (secondary N) is 2. The van der Waals surface area contributed by atoms with Crippen molar-refractivity contribution in [1.29, 1.82) is 0 Å². The van der Waals surface area contributed by atoms with E-state index in [0.717, 1.165) is 24.4 Å². The number of hydrogen-bond donors (Lipinski definition) is 2. The van der Waals surface area contributed by atoms with Crippen LogP contribution in [0.1, 0.15) is 30.9 Å². The molecule has 0 radical (unpaired) electrons. The minimum atomic E-state index is -4.16. The van der Waals surface area contributed by atoms with Crippen molar-refractivity contribution in [2.45, 2.75) is 37.5 Å². The summed E-state index contributed by atoms with van der Waals surface area (Å²) in [6.45, 7) is 2.64. The number of hydrogen-bond acceptors (Lipinski definition) is 4. The molecule has 2 N–H and O–H groups in total. The van der Waals surface area contributed by atoms with Gasteiger partial charge >= 0.3 is 6.18 Å². The largest absolute Gasteiger partial charge is 0.496 e. The predicted molar refractivity (Wildman–Crippen MR) is 112 cm³/mol. The van der Waals surface area contributed by atoms with Crippen molar-refractivity contribution in [3.05, 3.63) is 29.8 Å². The van der Waals surface area contributed by atoms with Gasteiger partial charge in [0, 0.05) is 38.3 Å². The van der Waals surface area contributed by atoms with E-state index in [4.69, 9.17) is 4.74 Å². The van der Waals surface area contributed by atoms with E-state index < -0.39 is 12.7 Å². The summed E-state index contributed by atoms with van der Waals surface area (Å²) in [6, 6.07) is 8.12.